The Balaban J connectivity index is 2.67. The number of carbonyl (C=O) groups excluding carboxylic acids is 2. The zero-order chi connectivity index (χ0) is 14.7. The highest BCUT2D eigenvalue weighted by atomic mass is 79.9. The molecule has 2 rings (SSSR count). The van der Waals surface area contributed by atoms with Crippen LogP contribution in [0.15, 0.2) is 29.8 Å². The molecule has 0 spiro atoms. The van der Waals surface area contributed by atoms with Gasteiger partial charge in [-0.2, -0.15) is 0 Å². The van der Waals surface area contributed by atoms with Gasteiger partial charge in [0.1, 0.15) is 0 Å². The fourth-order valence-electron chi connectivity index (χ4n) is 2.17. The maximum Gasteiger partial charge on any atom is 0.335 e. The molecule has 1 aromatic carbocycles. The molecular formula is C15H12BrNO3. The third-order valence-electron chi connectivity index (χ3n) is 3.04. The molecule has 0 atom stereocenters. The number of nitrogens with zero attached hydrogens (tertiary/aromatic N) is 1. The monoisotopic (exact) mass is 333 g/mol. The predicted octanol–water partition coefficient (Wildman–Crippen LogP) is 1.99. The Morgan fingerprint density at radius 3 is 2.75 bits per heavy atom. The highest BCUT2D eigenvalue weighted by Crippen LogP contribution is 2.38. The van der Waals surface area contributed by atoms with Crippen LogP contribution in [-0.4, -0.2) is 30.9 Å². The first-order valence-electron chi connectivity index (χ1n) is 5.87. The normalized spacial score (nSPS) is 15.7. The Hall–Kier alpha value is -2.06. The van der Waals surface area contributed by atoms with Crippen molar-refractivity contribution in [3.05, 3.63) is 35.4 Å². The quantitative estimate of drug-likeness (QED) is 0.368. The number of carbonyl (C=O) groups is 2. The van der Waals surface area contributed by atoms with Crippen molar-refractivity contribution in [2.75, 3.05) is 23.9 Å². The molecule has 1 heterocycles. The minimum Gasteiger partial charge on any atom is -0.466 e. The van der Waals surface area contributed by atoms with Crippen LogP contribution in [0.2, 0.25) is 0 Å². The van der Waals surface area contributed by atoms with Crippen LogP contribution in [0.1, 0.15) is 5.56 Å². The van der Waals surface area contributed by atoms with Crippen molar-refractivity contribution in [3.8, 4) is 12.3 Å². The van der Waals surface area contributed by atoms with Crippen LogP contribution >= 0.6 is 15.9 Å². The van der Waals surface area contributed by atoms with Crippen molar-refractivity contribution < 1.29 is 14.3 Å². The van der Waals surface area contributed by atoms with Gasteiger partial charge in [-0.25, -0.2) is 4.79 Å². The molecule has 20 heavy (non-hydrogen) atoms. The fraction of sp³-hybridized carbons (Fsp3) is 0.200. The van der Waals surface area contributed by atoms with Crippen LogP contribution in [0.25, 0.3) is 5.57 Å². The second kappa shape index (κ2) is 5.93. The zero-order valence-corrected chi connectivity index (χ0v) is 12.4. The van der Waals surface area contributed by atoms with Gasteiger partial charge in [0, 0.05) is 10.9 Å². The van der Waals surface area contributed by atoms with Crippen molar-refractivity contribution in [1.82, 2.24) is 0 Å². The first-order chi connectivity index (χ1) is 9.65. The highest BCUT2D eigenvalue weighted by molar-refractivity contribution is 9.09. The second-order valence-corrected chi connectivity index (χ2v) is 4.65. The topological polar surface area (TPSA) is 46.6 Å². The van der Waals surface area contributed by atoms with Crippen LogP contribution in [0, 0.1) is 12.3 Å². The van der Waals surface area contributed by atoms with Gasteiger partial charge < -0.3 is 4.74 Å². The Morgan fingerprint density at radius 1 is 1.45 bits per heavy atom. The highest BCUT2D eigenvalue weighted by Gasteiger charge is 2.35. The molecule has 0 unspecified atom stereocenters. The number of halogens is 1. The lowest BCUT2D eigenvalue weighted by atomic mass is 10.0. The molecule has 0 aromatic heterocycles. The summed E-state index contributed by atoms with van der Waals surface area (Å²) < 4.78 is 4.74. The lowest BCUT2D eigenvalue weighted by Gasteiger charge is -2.13. The van der Waals surface area contributed by atoms with Gasteiger partial charge in [-0.3, -0.25) is 9.69 Å². The molecule has 0 bridgehead atoms. The maximum atomic E-state index is 12.5. The maximum absolute atomic E-state index is 12.5. The van der Waals surface area contributed by atoms with Gasteiger partial charge in [-0.05, 0) is 6.07 Å². The third kappa shape index (κ3) is 2.23. The van der Waals surface area contributed by atoms with Crippen LogP contribution in [0.4, 0.5) is 5.69 Å². The van der Waals surface area contributed by atoms with E-state index in [0.717, 1.165) is 0 Å². The lowest BCUT2D eigenvalue weighted by Crippen LogP contribution is -2.27. The number of benzene rings is 1. The second-order valence-electron chi connectivity index (χ2n) is 4.09. The number of rotatable bonds is 3. The molecule has 1 amide bonds. The van der Waals surface area contributed by atoms with E-state index in [9.17, 15) is 9.59 Å². The number of fused-ring (bicyclic) bond motifs is 1. The number of hydrogen-bond acceptors (Lipinski definition) is 3. The van der Waals surface area contributed by atoms with E-state index < -0.39 is 5.97 Å². The van der Waals surface area contributed by atoms with E-state index >= 15 is 0 Å². The summed E-state index contributed by atoms with van der Waals surface area (Å²) in [6, 6.07) is 7.24. The fourth-order valence-corrected chi connectivity index (χ4v) is 2.68. The zero-order valence-electron chi connectivity index (χ0n) is 10.9. The van der Waals surface area contributed by atoms with Crippen molar-refractivity contribution in [3.63, 3.8) is 0 Å². The average molecular weight is 334 g/mol. The summed E-state index contributed by atoms with van der Waals surface area (Å²) in [5, 5.41) is 0.235. The minimum absolute atomic E-state index is 0.163. The summed E-state index contributed by atoms with van der Waals surface area (Å²) in [5.41, 5.74) is 2.06. The molecule has 1 aliphatic heterocycles. The van der Waals surface area contributed by atoms with Crippen LogP contribution in [0.5, 0.6) is 0 Å². The number of alkyl halides is 1. The average Bonchev–Trinajstić information content (AvgIpc) is 2.74. The summed E-state index contributed by atoms with van der Waals surface area (Å²) in [4.78, 5) is 25.8. The summed E-state index contributed by atoms with van der Waals surface area (Å²) in [7, 11) is 1.29. The molecule has 102 valence electrons. The number of terminal acetylenes is 1. The third-order valence-corrected chi connectivity index (χ3v) is 3.60. The van der Waals surface area contributed by atoms with Gasteiger partial charge in [0.05, 0.1) is 30.5 Å². The number of anilines is 1. The van der Waals surface area contributed by atoms with Crippen molar-refractivity contribution >= 4 is 39.1 Å². The van der Waals surface area contributed by atoms with Gasteiger partial charge >= 0.3 is 5.97 Å². The van der Waals surface area contributed by atoms with Crippen LogP contribution in [0.3, 0.4) is 0 Å². The van der Waals surface area contributed by atoms with Gasteiger partial charge in [0.15, 0.2) is 0 Å². The standard InChI is InChI=1S/C15H12BrNO3/c1-3-8-17-12-7-5-4-6-10(12)13(14(17)18)11(9-16)15(19)20-2/h1,4-7H,8-9H2,2H3. The molecule has 0 saturated heterocycles. The number of esters is 1. The van der Waals surface area contributed by atoms with E-state index in [0.29, 0.717) is 22.4 Å². The molecule has 5 heteroatoms. The summed E-state index contributed by atoms with van der Waals surface area (Å²) in [6.45, 7) is 0.163. The Labute approximate surface area is 125 Å². The minimum atomic E-state index is -0.525. The number of ether oxygens (including phenoxy) is 1. The Bertz CT molecular complexity index is 643. The van der Waals surface area contributed by atoms with Crippen molar-refractivity contribution in [2.24, 2.45) is 0 Å². The SMILES string of the molecule is C#CCN1C(=O)C(=C(CBr)C(=O)OC)c2ccccc21. The lowest BCUT2D eigenvalue weighted by molar-refractivity contribution is -0.136. The molecule has 0 saturated carbocycles. The summed E-state index contributed by atoms with van der Waals surface area (Å²) in [6.07, 6.45) is 5.31. The molecule has 0 fully saturated rings. The number of methoxy groups -OCH3 is 1. The summed E-state index contributed by atoms with van der Waals surface area (Å²) >= 11 is 3.24. The largest absolute Gasteiger partial charge is 0.466 e. The number of para-hydroxylation sites is 1. The van der Waals surface area contributed by atoms with Crippen LogP contribution in [-0.2, 0) is 14.3 Å². The number of amides is 1. The molecule has 4 nitrogen and oxygen atoms in total. The number of hydrogen-bond donors (Lipinski definition) is 0. The molecule has 0 aliphatic carbocycles. The van der Waals surface area contributed by atoms with Gasteiger partial charge in [-0.1, -0.05) is 40.0 Å². The Morgan fingerprint density at radius 2 is 2.15 bits per heavy atom. The molecule has 1 aromatic rings. The first kappa shape index (κ1) is 14.4. The van der Waals surface area contributed by atoms with Gasteiger partial charge in [0.2, 0.25) is 0 Å². The van der Waals surface area contributed by atoms with E-state index in [1.807, 2.05) is 12.1 Å². The van der Waals surface area contributed by atoms with E-state index in [1.54, 1.807) is 12.1 Å². The van der Waals surface area contributed by atoms with Crippen molar-refractivity contribution in [1.29, 1.82) is 0 Å². The van der Waals surface area contributed by atoms with Gasteiger partial charge in [0.25, 0.3) is 5.91 Å². The first-order valence-corrected chi connectivity index (χ1v) is 7.00. The van der Waals surface area contributed by atoms with Crippen molar-refractivity contribution in [2.45, 2.75) is 0 Å². The molecule has 0 radical (unpaired) electrons. The predicted molar refractivity (Wildman–Crippen MR) is 80.4 cm³/mol. The summed E-state index contributed by atoms with van der Waals surface area (Å²) in [5.74, 6) is 1.66. The van der Waals surface area contributed by atoms with Crippen LogP contribution < -0.4 is 4.90 Å². The molecular weight excluding hydrogens is 322 g/mol. The molecule has 1 aliphatic rings. The van der Waals surface area contributed by atoms with E-state index in [-0.39, 0.29) is 17.8 Å². The van der Waals surface area contributed by atoms with E-state index in [4.69, 9.17) is 11.2 Å². The molecule has 0 N–H and O–H groups in total. The van der Waals surface area contributed by atoms with Gasteiger partial charge in [-0.15, -0.1) is 6.42 Å². The van der Waals surface area contributed by atoms with E-state index in [1.165, 1.54) is 12.0 Å². The van der Waals surface area contributed by atoms with E-state index in [2.05, 4.69) is 21.9 Å². The smallest absolute Gasteiger partial charge is 0.335 e. The Kier molecular flexibility index (Phi) is 4.26.